The number of amides is 1. The Morgan fingerprint density at radius 2 is 2.37 bits per heavy atom. The molecule has 2 unspecified atom stereocenters. The van der Waals surface area contributed by atoms with Gasteiger partial charge in [0, 0.05) is 12.7 Å². The van der Waals surface area contributed by atoms with Gasteiger partial charge in [-0.2, -0.15) is 0 Å². The Labute approximate surface area is 110 Å². The van der Waals surface area contributed by atoms with Crippen LogP contribution in [0.15, 0.2) is 12.3 Å². The highest BCUT2D eigenvalue weighted by Gasteiger charge is 2.39. The Morgan fingerprint density at radius 3 is 3.21 bits per heavy atom. The van der Waals surface area contributed by atoms with E-state index in [0.29, 0.717) is 13.2 Å². The third-order valence-electron chi connectivity index (χ3n) is 3.89. The molecule has 1 saturated heterocycles. The molecule has 1 saturated carbocycles. The number of halogens is 1. The van der Waals surface area contributed by atoms with Gasteiger partial charge in [-0.3, -0.25) is 4.79 Å². The molecule has 1 aliphatic heterocycles. The van der Waals surface area contributed by atoms with Crippen LogP contribution in [0.1, 0.15) is 29.6 Å². The van der Waals surface area contributed by atoms with Crippen molar-refractivity contribution in [3.05, 3.63) is 23.6 Å². The Morgan fingerprint density at radius 1 is 1.53 bits per heavy atom. The van der Waals surface area contributed by atoms with Crippen LogP contribution in [-0.4, -0.2) is 41.1 Å². The highest BCUT2D eigenvalue weighted by Crippen LogP contribution is 2.31. The second-order valence-electron chi connectivity index (χ2n) is 4.96. The average Bonchev–Trinajstić information content (AvgIpc) is 2.89. The summed E-state index contributed by atoms with van der Waals surface area (Å²) in [6.07, 6.45) is 4.38. The van der Waals surface area contributed by atoms with E-state index in [1.165, 1.54) is 12.3 Å². The van der Waals surface area contributed by atoms with E-state index in [-0.39, 0.29) is 29.4 Å². The predicted molar refractivity (Wildman–Crippen MR) is 67.0 cm³/mol. The minimum atomic E-state index is -0.728. The number of rotatable bonds is 1. The summed E-state index contributed by atoms with van der Waals surface area (Å²) in [5, 5.41) is 0. The number of carbonyl (C=O) groups excluding carboxylic acids is 1. The lowest BCUT2D eigenvalue weighted by Gasteiger charge is -2.37. The maximum absolute atomic E-state index is 13.9. The zero-order valence-corrected chi connectivity index (χ0v) is 10.5. The van der Waals surface area contributed by atoms with Crippen LogP contribution in [-0.2, 0) is 4.74 Å². The molecule has 0 aromatic carbocycles. The van der Waals surface area contributed by atoms with Crippen molar-refractivity contribution >= 4 is 11.7 Å². The van der Waals surface area contributed by atoms with Gasteiger partial charge in [-0.05, 0) is 25.3 Å². The third-order valence-corrected chi connectivity index (χ3v) is 3.89. The van der Waals surface area contributed by atoms with E-state index >= 15 is 0 Å². The quantitative estimate of drug-likeness (QED) is 0.828. The van der Waals surface area contributed by atoms with E-state index < -0.39 is 5.82 Å². The molecule has 6 heteroatoms. The smallest absolute Gasteiger partial charge is 0.257 e. The van der Waals surface area contributed by atoms with Crippen molar-refractivity contribution in [2.45, 2.75) is 31.4 Å². The lowest BCUT2D eigenvalue weighted by Crippen LogP contribution is -2.51. The van der Waals surface area contributed by atoms with E-state index in [2.05, 4.69) is 4.98 Å². The van der Waals surface area contributed by atoms with Crippen LogP contribution < -0.4 is 5.73 Å². The fraction of sp³-hybridized carbons (Fsp3) is 0.538. The third kappa shape index (κ3) is 2.06. The molecule has 2 fully saturated rings. The lowest BCUT2D eigenvalue weighted by atomic mass is 10.1. The van der Waals surface area contributed by atoms with Gasteiger partial charge >= 0.3 is 0 Å². The largest absolute Gasteiger partial charge is 0.381 e. The molecule has 1 aliphatic carbocycles. The zero-order valence-electron chi connectivity index (χ0n) is 10.5. The Balaban J connectivity index is 1.88. The van der Waals surface area contributed by atoms with Crippen LogP contribution in [0, 0.1) is 5.82 Å². The molecule has 0 bridgehead atoms. The Hall–Kier alpha value is -1.69. The first kappa shape index (κ1) is 12.3. The molecule has 2 aliphatic rings. The normalized spacial score (nSPS) is 26.3. The number of nitrogens with two attached hydrogens (primary N) is 1. The average molecular weight is 265 g/mol. The standard InChI is InChI=1S/C13H16FN3O2/c14-11-8(4-5-16-12(11)15)13(18)17-6-7-19-10-3-1-2-9(10)17/h4-5,9-10H,1-3,6-7H2,(H2,15,16). The summed E-state index contributed by atoms with van der Waals surface area (Å²) >= 11 is 0. The second-order valence-corrected chi connectivity index (χ2v) is 4.96. The summed E-state index contributed by atoms with van der Waals surface area (Å²) in [5.74, 6) is -1.28. The van der Waals surface area contributed by atoms with Gasteiger partial charge in [-0.25, -0.2) is 9.37 Å². The lowest BCUT2D eigenvalue weighted by molar-refractivity contribution is -0.0446. The second kappa shape index (κ2) is 4.77. The highest BCUT2D eigenvalue weighted by atomic mass is 19.1. The molecule has 1 amide bonds. The molecule has 2 N–H and O–H groups in total. The molecule has 2 atom stereocenters. The first-order valence-corrected chi connectivity index (χ1v) is 6.51. The van der Waals surface area contributed by atoms with Crippen LogP contribution in [0.3, 0.4) is 0 Å². The van der Waals surface area contributed by atoms with Crippen molar-refractivity contribution in [1.29, 1.82) is 0 Å². The SMILES string of the molecule is Nc1nccc(C(=O)N2CCOC3CCCC32)c1F. The molecule has 19 heavy (non-hydrogen) atoms. The van der Waals surface area contributed by atoms with Gasteiger partial charge in [0.15, 0.2) is 11.6 Å². The first-order valence-electron chi connectivity index (χ1n) is 6.51. The maximum Gasteiger partial charge on any atom is 0.257 e. The minimum Gasteiger partial charge on any atom is -0.381 e. The fourth-order valence-electron chi connectivity index (χ4n) is 2.96. The number of hydrogen-bond donors (Lipinski definition) is 1. The van der Waals surface area contributed by atoms with Crippen LogP contribution in [0.25, 0.3) is 0 Å². The number of morpholine rings is 1. The number of anilines is 1. The molecule has 1 aromatic heterocycles. The summed E-state index contributed by atoms with van der Waals surface area (Å²) in [6.45, 7) is 1.01. The topological polar surface area (TPSA) is 68.5 Å². The molecule has 0 radical (unpaired) electrons. The summed E-state index contributed by atoms with van der Waals surface area (Å²) in [5.41, 5.74) is 5.41. The van der Waals surface area contributed by atoms with Crippen molar-refractivity contribution in [3.63, 3.8) is 0 Å². The molecule has 102 valence electrons. The van der Waals surface area contributed by atoms with Crippen molar-refractivity contribution in [2.24, 2.45) is 0 Å². The van der Waals surface area contributed by atoms with E-state index in [4.69, 9.17) is 10.5 Å². The van der Waals surface area contributed by atoms with Crippen molar-refractivity contribution in [3.8, 4) is 0 Å². The van der Waals surface area contributed by atoms with E-state index in [1.807, 2.05) is 0 Å². The number of ether oxygens (including phenoxy) is 1. The van der Waals surface area contributed by atoms with E-state index in [0.717, 1.165) is 19.3 Å². The molecule has 2 heterocycles. The van der Waals surface area contributed by atoms with E-state index in [1.54, 1.807) is 4.90 Å². The molecule has 0 spiro atoms. The summed E-state index contributed by atoms with van der Waals surface area (Å²) in [7, 11) is 0. The fourth-order valence-corrected chi connectivity index (χ4v) is 2.96. The van der Waals surface area contributed by atoms with Gasteiger partial charge in [0.1, 0.15) is 0 Å². The monoisotopic (exact) mass is 265 g/mol. The summed E-state index contributed by atoms with van der Waals surface area (Å²) < 4.78 is 19.5. The number of aromatic nitrogens is 1. The zero-order chi connectivity index (χ0) is 13.4. The van der Waals surface area contributed by atoms with Crippen molar-refractivity contribution in [1.82, 2.24) is 9.88 Å². The van der Waals surface area contributed by atoms with Gasteiger partial charge in [-0.1, -0.05) is 0 Å². The number of hydrogen-bond acceptors (Lipinski definition) is 4. The molecule has 1 aromatic rings. The molecular weight excluding hydrogens is 249 g/mol. The Kier molecular flexibility index (Phi) is 3.10. The number of nitrogen functional groups attached to an aromatic ring is 1. The van der Waals surface area contributed by atoms with Gasteiger partial charge in [-0.15, -0.1) is 0 Å². The first-order chi connectivity index (χ1) is 9.18. The maximum atomic E-state index is 13.9. The van der Waals surface area contributed by atoms with E-state index in [9.17, 15) is 9.18 Å². The van der Waals surface area contributed by atoms with Crippen LogP contribution in [0.2, 0.25) is 0 Å². The molecular formula is C13H16FN3O2. The van der Waals surface area contributed by atoms with Crippen LogP contribution in [0.5, 0.6) is 0 Å². The van der Waals surface area contributed by atoms with Crippen LogP contribution >= 0.6 is 0 Å². The summed E-state index contributed by atoms with van der Waals surface area (Å²) in [6, 6.07) is 1.45. The van der Waals surface area contributed by atoms with Crippen molar-refractivity contribution < 1.29 is 13.9 Å². The number of fused-ring (bicyclic) bond motifs is 1. The summed E-state index contributed by atoms with van der Waals surface area (Å²) in [4.78, 5) is 17.8. The number of carbonyl (C=O) groups is 1. The molecule has 5 nitrogen and oxygen atoms in total. The Bertz CT molecular complexity index is 509. The number of nitrogens with zero attached hydrogens (tertiary/aromatic N) is 2. The minimum absolute atomic E-state index is 0.0000463. The highest BCUT2D eigenvalue weighted by molar-refractivity contribution is 5.95. The van der Waals surface area contributed by atoms with Gasteiger partial charge < -0.3 is 15.4 Å². The van der Waals surface area contributed by atoms with Gasteiger partial charge in [0.2, 0.25) is 0 Å². The number of pyridine rings is 1. The predicted octanol–water partition coefficient (Wildman–Crippen LogP) is 1.20. The van der Waals surface area contributed by atoms with Gasteiger partial charge in [0.05, 0.1) is 24.3 Å². The molecule has 3 rings (SSSR count). The van der Waals surface area contributed by atoms with Gasteiger partial charge in [0.25, 0.3) is 5.91 Å². The van der Waals surface area contributed by atoms with Crippen LogP contribution in [0.4, 0.5) is 10.2 Å². The van der Waals surface area contributed by atoms with Crippen molar-refractivity contribution in [2.75, 3.05) is 18.9 Å².